The number of carbonyl (C=O) groups is 1. The van der Waals surface area contributed by atoms with E-state index in [0.29, 0.717) is 17.3 Å². The van der Waals surface area contributed by atoms with Crippen molar-refractivity contribution < 1.29 is 4.79 Å². The van der Waals surface area contributed by atoms with E-state index >= 15 is 0 Å². The van der Waals surface area contributed by atoms with E-state index in [4.69, 9.17) is 5.73 Å². The number of anilines is 2. The van der Waals surface area contributed by atoms with Gasteiger partial charge in [0.25, 0.3) is 5.91 Å². The van der Waals surface area contributed by atoms with Gasteiger partial charge in [-0.15, -0.1) is 0 Å². The minimum atomic E-state index is 0.0322. The van der Waals surface area contributed by atoms with Gasteiger partial charge >= 0.3 is 0 Å². The van der Waals surface area contributed by atoms with Crippen molar-refractivity contribution >= 4 is 17.3 Å². The van der Waals surface area contributed by atoms with Crippen molar-refractivity contribution in [1.82, 2.24) is 5.32 Å². The van der Waals surface area contributed by atoms with Crippen molar-refractivity contribution in [1.29, 1.82) is 0 Å². The Morgan fingerprint density at radius 3 is 2.52 bits per heavy atom. The average Bonchev–Trinajstić information content (AvgIpc) is 2.83. The van der Waals surface area contributed by atoms with E-state index in [1.165, 1.54) is 19.3 Å². The SMILES string of the molecule is CN(C)c1ccc(N)cc1C(=O)NC1C2C3CCC(C3)C12. The highest BCUT2D eigenvalue weighted by Crippen LogP contribution is 2.65. The molecule has 1 aromatic rings. The summed E-state index contributed by atoms with van der Waals surface area (Å²) >= 11 is 0. The second-order valence-corrected chi connectivity index (χ2v) is 7.16. The van der Waals surface area contributed by atoms with Crippen molar-refractivity contribution in [3.8, 4) is 0 Å². The molecule has 0 spiro atoms. The molecular formula is C17H23N3O. The van der Waals surface area contributed by atoms with Crippen LogP contribution in [0.5, 0.6) is 0 Å². The lowest BCUT2D eigenvalue weighted by molar-refractivity contribution is 0.0945. The number of hydrogen-bond acceptors (Lipinski definition) is 3. The number of benzene rings is 1. The summed E-state index contributed by atoms with van der Waals surface area (Å²) in [6, 6.07) is 5.97. The summed E-state index contributed by atoms with van der Waals surface area (Å²) in [5, 5.41) is 3.27. The maximum absolute atomic E-state index is 12.6. The van der Waals surface area contributed by atoms with Gasteiger partial charge in [0.1, 0.15) is 0 Å². The fourth-order valence-corrected chi connectivity index (χ4v) is 4.87. The molecule has 3 fully saturated rings. The van der Waals surface area contributed by atoms with Crippen molar-refractivity contribution in [3.63, 3.8) is 0 Å². The maximum atomic E-state index is 12.6. The van der Waals surface area contributed by atoms with Gasteiger partial charge in [-0.2, -0.15) is 0 Å². The zero-order valence-corrected chi connectivity index (χ0v) is 12.7. The van der Waals surface area contributed by atoms with E-state index in [0.717, 1.165) is 29.4 Å². The fourth-order valence-electron chi connectivity index (χ4n) is 4.87. The first-order valence-corrected chi connectivity index (χ1v) is 7.94. The molecule has 4 nitrogen and oxygen atoms in total. The first-order valence-electron chi connectivity index (χ1n) is 7.94. The topological polar surface area (TPSA) is 58.4 Å². The Morgan fingerprint density at radius 1 is 1.24 bits per heavy atom. The number of carbonyl (C=O) groups excluding carboxylic acids is 1. The zero-order valence-electron chi connectivity index (χ0n) is 12.7. The van der Waals surface area contributed by atoms with Crippen LogP contribution in [-0.4, -0.2) is 26.0 Å². The number of amides is 1. The van der Waals surface area contributed by atoms with Crippen molar-refractivity contribution in [3.05, 3.63) is 23.8 Å². The highest BCUT2D eigenvalue weighted by molar-refractivity contribution is 6.01. The third kappa shape index (κ3) is 1.92. The van der Waals surface area contributed by atoms with Gasteiger partial charge < -0.3 is 16.0 Å². The van der Waals surface area contributed by atoms with Crippen molar-refractivity contribution in [2.24, 2.45) is 23.7 Å². The Labute approximate surface area is 125 Å². The minimum absolute atomic E-state index is 0.0322. The van der Waals surface area contributed by atoms with E-state index in [2.05, 4.69) is 5.32 Å². The average molecular weight is 285 g/mol. The van der Waals surface area contributed by atoms with Crippen LogP contribution in [0.25, 0.3) is 0 Å². The smallest absolute Gasteiger partial charge is 0.253 e. The minimum Gasteiger partial charge on any atom is -0.399 e. The Balaban J connectivity index is 1.52. The predicted molar refractivity (Wildman–Crippen MR) is 84.2 cm³/mol. The van der Waals surface area contributed by atoms with Crippen LogP contribution in [0.4, 0.5) is 11.4 Å². The molecular weight excluding hydrogens is 262 g/mol. The second kappa shape index (κ2) is 4.39. The van der Waals surface area contributed by atoms with Crippen LogP contribution in [0, 0.1) is 23.7 Å². The molecule has 2 bridgehead atoms. The number of rotatable bonds is 3. The molecule has 4 heteroatoms. The zero-order chi connectivity index (χ0) is 14.7. The lowest BCUT2D eigenvalue weighted by Crippen LogP contribution is -2.31. The van der Waals surface area contributed by atoms with E-state index in [1.807, 2.05) is 31.1 Å². The molecule has 0 saturated heterocycles. The van der Waals surface area contributed by atoms with Gasteiger partial charge in [-0.05, 0) is 61.1 Å². The third-order valence-electron chi connectivity index (χ3n) is 5.78. The van der Waals surface area contributed by atoms with Crippen molar-refractivity contribution in [2.45, 2.75) is 25.3 Å². The van der Waals surface area contributed by atoms with E-state index in [9.17, 15) is 4.79 Å². The van der Waals surface area contributed by atoms with Crippen LogP contribution in [0.2, 0.25) is 0 Å². The Hall–Kier alpha value is -1.71. The third-order valence-corrected chi connectivity index (χ3v) is 5.78. The Morgan fingerprint density at radius 2 is 1.90 bits per heavy atom. The second-order valence-electron chi connectivity index (χ2n) is 7.16. The summed E-state index contributed by atoms with van der Waals surface area (Å²) in [4.78, 5) is 14.6. The van der Waals surface area contributed by atoms with Gasteiger partial charge in [0.05, 0.1) is 5.56 Å². The highest BCUT2D eigenvalue weighted by Gasteiger charge is 2.65. The summed E-state index contributed by atoms with van der Waals surface area (Å²) in [5.74, 6) is 3.30. The number of hydrogen-bond donors (Lipinski definition) is 2. The Bertz CT molecular complexity index is 582. The van der Waals surface area contributed by atoms with Gasteiger partial charge in [0.15, 0.2) is 0 Å². The monoisotopic (exact) mass is 285 g/mol. The van der Waals surface area contributed by atoms with E-state index in [1.54, 1.807) is 6.07 Å². The number of fused-ring (bicyclic) bond motifs is 5. The van der Waals surface area contributed by atoms with Gasteiger partial charge in [0, 0.05) is 31.5 Å². The Kier molecular flexibility index (Phi) is 2.72. The molecule has 4 atom stereocenters. The maximum Gasteiger partial charge on any atom is 0.253 e. The molecule has 4 rings (SSSR count). The van der Waals surface area contributed by atoms with Crippen LogP contribution in [-0.2, 0) is 0 Å². The summed E-state index contributed by atoms with van der Waals surface area (Å²) in [6.07, 6.45) is 4.15. The molecule has 0 radical (unpaired) electrons. The number of nitrogen functional groups attached to an aromatic ring is 1. The summed E-state index contributed by atoms with van der Waals surface area (Å²) < 4.78 is 0. The molecule has 0 heterocycles. The molecule has 112 valence electrons. The highest BCUT2D eigenvalue weighted by atomic mass is 16.1. The molecule has 1 aromatic carbocycles. The van der Waals surface area contributed by atoms with Crippen molar-refractivity contribution in [2.75, 3.05) is 24.7 Å². The van der Waals surface area contributed by atoms with Gasteiger partial charge in [-0.1, -0.05) is 0 Å². The van der Waals surface area contributed by atoms with Crippen LogP contribution in [0.1, 0.15) is 29.6 Å². The van der Waals surface area contributed by atoms with E-state index in [-0.39, 0.29) is 5.91 Å². The van der Waals surface area contributed by atoms with Gasteiger partial charge in [-0.3, -0.25) is 4.79 Å². The number of nitrogens with two attached hydrogens (primary N) is 1. The predicted octanol–water partition coefficient (Wildman–Crippen LogP) is 2.11. The standard InChI is InChI=1S/C17H23N3O/c1-20(2)13-6-5-11(18)8-12(13)17(21)19-16-14-9-3-4-10(7-9)15(14)16/h5-6,8-10,14-16H,3-4,7,18H2,1-2H3,(H,19,21). The summed E-state index contributed by atoms with van der Waals surface area (Å²) in [6.45, 7) is 0. The molecule has 1 amide bonds. The number of nitrogens with zero attached hydrogens (tertiary/aromatic N) is 1. The van der Waals surface area contributed by atoms with Crippen LogP contribution < -0.4 is 16.0 Å². The molecule has 4 unspecified atom stereocenters. The number of nitrogens with one attached hydrogen (secondary N) is 1. The van der Waals surface area contributed by atoms with Gasteiger partial charge in [-0.25, -0.2) is 0 Å². The molecule has 3 aliphatic carbocycles. The summed E-state index contributed by atoms with van der Waals surface area (Å²) in [7, 11) is 3.91. The molecule has 3 aliphatic rings. The first kappa shape index (κ1) is 13.0. The summed E-state index contributed by atoms with van der Waals surface area (Å²) in [5.41, 5.74) is 8.12. The van der Waals surface area contributed by atoms with Crippen LogP contribution in [0.15, 0.2) is 18.2 Å². The molecule has 0 aromatic heterocycles. The molecule has 3 saturated carbocycles. The lowest BCUT2D eigenvalue weighted by atomic mass is 10.0. The van der Waals surface area contributed by atoms with Gasteiger partial charge in [0.2, 0.25) is 0 Å². The normalized spacial score (nSPS) is 35.4. The largest absolute Gasteiger partial charge is 0.399 e. The van der Waals surface area contributed by atoms with E-state index < -0.39 is 0 Å². The molecule has 21 heavy (non-hydrogen) atoms. The first-order chi connectivity index (χ1) is 10.1. The fraction of sp³-hybridized carbons (Fsp3) is 0.588. The quantitative estimate of drug-likeness (QED) is 0.836. The van der Waals surface area contributed by atoms with Crippen LogP contribution >= 0.6 is 0 Å². The lowest BCUT2D eigenvalue weighted by Gasteiger charge is -2.18. The molecule has 3 N–H and O–H groups in total. The van der Waals surface area contributed by atoms with Crippen LogP contribution in [0.3, 0.4) is 0 Å². The molecule has 0 aliphatic heterocycles.